The summed E-state index contributed by atoms with van der Waals surface area (Å²) >= 11 is 0. The first-order chi connectivity index (χ1) is 7.47. The van der Waals surface area contributed by atoms with Crippen molar-refractivity contribution >= 4 is 0 Å². The van der Waals surface area contributed by atoms with Gasteiger partial charge in [-0.1, -0.05) is 26.0 Å². The SMILES string of the molecule is COc1ccc(C(C)C)cc1[C@@H](N)C(F)F. The summed E-state index contributed by atoms with van der Waals surface area (Å²) < 4.78 is 30.2. The van der Waals surface area contributed by atoms with Gasteiger partial charge in [-0.15, -0.1) is 0 Å². The third-order valence-corrected chi connectivity index (χ3v) is 2.55. The molecule has 0 saturated carbocycles. The number of methoxy groups -OCH3 is 1. The molecule has 0 fully saturated rings. The Morgan fingerprint density at radius 1 is 1.25 bits per heavy atom. The van der Waals surface area contributed by atoms with Crippen molar-refractivity contribution in [2.45, 2.75) is 32.2 Å². The van der Waals surface area contributed by atoms with Gasteiger partial charge in [0, 0.05) is 5.56 Å². The number of rotatable bonds is 4. The van der Waals surface area contributed by atoms with Gasteiger partial charge in [0.2, 0.25) is 0 Å². The lowest BCUT2D eigenvalue weighted by Crippen LogP contribution is -2.20. The molecule has 2 N–H and O–H groups in total. The standard InChI is InChI=1S/C12H17F2NO/c1-7(2)8-4-5-10(16-3)9(6-8)11(15)12(13)14/h4-7,11-12H,15H2,1-3H3/t11-/m1/s1. The highest BCUT2D eigenvalue weighted by atomic mass is 19.3. The van der Waals surface area contributed by atoms with Gasteiger partial charge in [0.1, 0.15) is 5.75 Å². The fourth-order valence-corrected chi connectivity index (χ4v) is 1.51. The van der Waals surface area contributed by atoms with E-state index in [0.29, 0.717) is 11.3 Å². The molecule has 2 nitrogen and oxygen atoms in total. The molecule has 0 heterocycles. The predicted molar refractivity (Wildman–Crippen MR) is 60.0 cm³/mol. The Morgan fingerprint density at radius 2 is 1.88 bits per heavy atom. The van der Waals surface area contributed by atoms with Crippen LogP contribution in [0.4, 0.5) is 8.78 Å². The lowest BCUT2D eigenvalue weighted by atomic mass is 9.97. The molecule has 0 spiro atoms. The monoisotopic (exact) mass is 229 g/mol. The van der Waals surface area contributed by atoms with Crippen molar-refractivity contribution in [3.8, 4) is 5.75 Å². The van der Waals surface area contributed by atoms with Crippen molar-refractivity contribution in [2.75, 3.05) is 7.11 Å². The molecule has 0 amide bonds. The Bertz CT molecular complexity index is 353. The molecule has 0 aliphatic rings. The molecule has 0 radical (unpaired) electrons. The molecule has 0 aromatic heterocycles. The Labute approximate surface area is 94.4 Å². The topological polar surface area (TPSA) is 35.2 Å². The van der Waals surface area contributed by atoms with Crippen LogP contribution in [0.25, 0.3) is 0 Å². The predicted octanol–water partition coefficient (Wildman–Crippen LogP) is 3.08. The van der Waals surface area contributed by atoms with Crippen LogP contribution in [0.5, 0.6) is 5.75 Å². The minimum absolute atomic E-state index is 0.273. The van der Waals surface area contributed by atoms with Crippen molar-refractivity contribution in [1.29, 1.82) is 0 Å². The van der Waals surface area contributed by atoms with Gasteiger partial charge in [-0.2, -0.15) is 0 Å². The molecule has 0 unspecified atom stereocenters. The number of hydrogen-bond acceptors (Lipinski definition) is 2. The molecule has 1 aromatic rings. The Kier molecular flexibility index (Phi) is 4.24. The summed E-state index contributed by atoms with van der Waals surface area (Å²) in [7, 11) is 1.45. The van der Waals surface area contributed by atoms with Crippen LogP contribution in [0, 0.1) is 0 Å². The third kappa shape index (κ3) is 2.70. The number of benzene rings is 1. The molecule has 0 saturated heterocycles. The largest absolute Gasteiger partial charge is 0.496 e. The zero-order valence-corrected chi connectivity index (χ0v) is 9.71. The van der Waals surface area contributed by atoms with E-state index in [2.05, 4.69) is 0 Å². The molecule has 16 heavy (non-hydrogen) atoms. The van der Waals surface area contributed by atoms with Crippen LogP contribution in [-0.2, 0) is 0 Å². The van der Waals surface area contributed by atoms with Gasteiger partial charge in [0.15, 0.2) is 0 Å². The van der Waals surface area contributed by atoms with Crippen molar-refractivity contribution in [3.05, 3.63) is 29.3 Å². The summed E-state index contributed by atoms with van der Waals surface area (Å²) in [6.07, 6.45) is -2.59. The van der Waals surface area contributed by atoms with Gasteiger partial charge in [0.05, 0.1) is 13.2 Å². The number of nitrogens with two attached hydrogens (primary N) is 1. The van der Waals surface area contributed by atoms with Crippen LogP contribution in [0.1, 0.15) is 36.9 Å². The fraction of sp³-hybridized carbons (Fsp3) is 0.500. The molecule has 1 atom stereocenters. The summed E-state index contributed by atoms with van der Waals surface area (Å²) in [6.45, 7) is 4.00. The molecular weight excluding hydrogens is 212 g/mol. The summed E-state index contributed by atoms with van der Waals surface area (Å²) in [5, 5.41) is 0. The highest BCUT2D eigenvalue weighted by molar-refractivity contribution is 5.40. The minimum atomic E-state index is -2.59. The Balaban J connectivity index is 3.16. The van der Waals surface area contributed by atoms with Gasteiger partial charge in [-0.05, 0) is 17.5 Å². The van der Waals surface area contributed by atoms with E-state index in [-0.39, 0.29) is 5.92 Å². The van der Waals surface area contributed by atoms with Crippen LogP contribution in [0.15, 0.2) is 18.2 Å². The lowest BCUT2D eigenvalue weighted by Gasteiger charge is -2.17. The van der Waals surface area contributed by atoms with E-state index in [1.54, 1.807) is 12.1 Å². The molecule has 0 aliphatic carbocycles. The average Bonchev–Trinajstić information content (AvgIpc) is 2.26. The Morgan fingerprint density at radius 3 is 2.31 bits per heavy atom. The van der Waals surface area contributed by atoms with E-state index in [4.69, 9.17) is 10.5 Å². The summed E-state index contributed by atoms with van der Waals surface area (Å²) in [5.41, 5.74) is 6.80. The first-order valence-corrected chi connectivity index (χ1v) is 5.19. The van der Waals surface area contributed by atoms with Gasteiger partial charge >= 0.3 is 0 Å². The highest BCUT2D eigenvalue weighted by Gasteiger charge is 2.21. The summed E-state index contributed by atoms with van der Waals surface area (Å²) in [6, 6.07) is 3.95. The Hall–Kier alpha value is -1.16. The summed E-state index contributed by atoms with van der Waals surface area (Å²) in [5.74, 6) is 0.687. The molecule has 4 heteroatoms. The van der Waals surface area contributed by atoms with Gasteiger partial charge in [0.25, 0.3) is 6.43 Å². The fourth-order valence-electron chi connectivity index (χ4n) is 1.51. The van der Waals surface area contributed by atoms with Crippen molar-refractivity contribution in [3.63, 3.8) is 0 Å². The van der Waals surface area contributed by atoms with E-state index >= 15 is 0 Å². The number of hydrogen-bond donors (Lipinski definition) is 1. The van der Waals surface area contributed by atoms with Gasteiger partial charge in [-0.25, -0.2) is 8.78 Å². The van der Waals surface area contributed by atoms with Crippen LogP contribution < -0.4 is 10.5 Å². The molecule has 0 aliphatic heterocycles. The molecular formula is C12H17F2NO. The maximum atomic E-state index is 12.6. The second-order valence-corrected chi connectivity index (χ2v) is 4.02. The first-order valence-electron chi connectivity index (χ1n) is 5.19. The van der Waals surface area contributed by atoms with Crippen molar-refractivity contribution < 1.29 is 13.5 Å². The van der Waals surface area contributed by atoms with E-state index in [0.717, 1.165) is 5.56 Å². The molecule has 1 aromatic carbocycles. The third-order valence-electron chi connectivity index (χ3n) is 2.55. The van der Waals surface area contributed by atoms with Crippen molar-refractivity contribution in [2.24, 2.45) is 5.73 Å². The first kappa shape index (κ1) is 12.9. The second-order valence-electron chi connectivity index (χ2n) is 4.02. The molecule has 0 bridgehead atoms. The maximum Gasteiger partial charge on any atom is 0.257 e. The quantitative estimate of drug-likeness (QED) is 0.861. The smallest absolute Gasteiger partial charge is 0.257 e. The molecule has 1 rings (SSSR count). The average molecular weight is 229 g/mol. The zero-order chi connectivity index (χ0) is 12.3. The van der Waals surface area contributed by atoms with Crippen LogP contribution in [0.3, 0.4) is 0 Å². The van der Waals surface area contributed by atoms with Crippen LogP contribution >= 0.6 is 0 Å². The van der Waals surface area contributed by atoms with E-state index < -0.39 is 12.5 Å². The summed E-state index contributed by atoms with van der Waals surface area (Å²) in [4.78, 5) is 0. The minimum Gasteiger partial charge on any atom is -0.496 e. The normalized spacial score (nSPS) is 13.2. The number of ether oxygens (including phenoxy) is 1. The zero-order valence-electron chi connectivity index (χ0n) is 9.71. The lowest BCUT2D eigenvalue weighted by molar-refractivity contribution is 0.115. The second kappa shape index (κ2) is 5.25. The number of halogens is 2. The highest BCUT2D eigenvalue weighted by Crippen LogP contribution is 2.30. The van der Waals surface area contributed by atoms with E-state index in [1.165, 1.54) is 7.11 Å². The van der Waals surface area contributed by atoms with Gasteiger partial charge in [-0.3, -0.25) is 0 Å². The van der Waals surface area contributed by atoms with Gasteiger partial charge < -0.3 is 10.5 Å². The maximum absolute atomic E-state index is 12.6. The molecule has 90 valence electrons. The van der Waals surface area contributed by atoms with Crippen LogP contribution in [-0.4, -0.2) is 13.5 Å². The van der Waals surface area contributed by atoms with E-state index in [1.807, 2.05) is 19.9 Å². The van der Waals surface area contributed by atoms with E-state index in [9.17, 15) is 8.78 Å². The van der Waals surface area contributed by atoms with Crippen LogP contribution in [0.2, 0.25) is 0 Å². The van der Waals surface area contributed by atoms with Crippen molar-refractivity contribution in [1.82, 2.24) is 0 Å². The number of alkyl halides is 2.